The fourth-order valence-electron chi connectivity index (χ4n) is 2.15. The van der Waals surface area contributed by atoms with E-state index in [1.54, 1.807) is 0 Å². The molecule has 5 heteroatoms. The fraction of sp³-hybridized carbons (Fsp3) is 0.278. The Morgan fingerprint density at radius 3 is 2.65 bits per heavy atom. The molecule has 0 saturated heterocycles. The summed E-state index contributed by atoms with van der Waals surface area (Å²) in [5.41, 5.74) is 7.60. The van der Waals surface area contributed by atoms with Crippen LogP contribution in [0.5, 0.6) is 5.75 Å². The molecule has 1 atom stereocenters. The molecule has 2 aromatic carbocycles. The number of nitrogen functional groups attached to an aromatic ring is 1. The molecule has 0 spiro atoms. The van der Waals surface area contributed by atoms with Gasteiger partial charge in [0.2, 0.25) is 5.91 Å². The molecule has 3 N–H and O–H groups in total. The lowest BCUT2D eigenvalue weighted by Gasteiger charge is -2.16. The number of amides is 1. The number of hydrogen-bond donors (Lipinski definition) is 2. The molecule has 0 aliphatic carbocycles. The predicted molar refractivity (Wildman–Crippen MR) is 96.4 cm³/mol. The molecule has 0 fully saturated rings. The quantitative estimate of drug-likeness (QED) is 0.726. The molecule has 0 aliphatic heterocycles. The second kappa shape index (κ2) is 8.58. The highest BCUT2D eigenvalue weighted by Crippen LogP contribution is 2.24. The molecule has 1 amide bonds. The summed E-state index contributed by atoms with van der Waals surface area (Å²) in [7, 11) is 0. The molecule has 2 rings (SSSR count). The molecule has 0 radical (unpaired) electrons. The summed E-state index contributed by atoms with van der Waals surface area (Å²) in [5.74, 6) is 0.766. The first-order chi connectivity index (χ1) is 11.1. The van der Waals surface area contributed by atoms with Gasteiger partial charge in [0, 0.05) is 12.1 Å². The van der Waals surface area contributed by atoms with Gasteiger partial charge in [0.25, 0.3) is 0 Å². The van der Waals surface area contributed by atoms with E-state index in [-0.39, 0.29) is 12.0 Å². The smallest absolute Gasteiger partial charge is 0.220 e. The molecule has 0 heterocycles. The number of rotatable bonds is 7. The summed E-state index contributed by atoms with van der Waals surface area (Å²) in [4.78, 5) is 11.9. The van der Waals surface area contributed by atoms with Crippen LogP contribution in [-0.2, 0) is 11.2 Å². The number of carbonyl (C=O) groups is 1. The van der Waals surface area contributed by atoms with Crippen LogP contribution in [0.3, 0.4) is 0 Å². The first-order valence-corrected chi connectivity index (χ1v) is 8.37. The van der Waals surface area contributed by atoms with Crippen LogP contribution >= 0.6 is 15.9 Å². The average Bonchev–Trinajstić information content (AvgIpc) is 2.54. The van der Waals surface area contributed by atoms with Gasteiger partial charge in [0.15, 0.2) is 0 Å². The van der Waals surface area contributed by atoms with E-state index in [4.69, 9.17) is 10.5 Å². The van der Waals surface area contributed by atoms with Gasteiger partial charge in [-0.2, -0.15) is 0 Å². The minimum Gasteiger partial charge on any atom is -0.488 e. The van der Waals surface area contributed by atoms with Crippen molar-refractivity contribution in [1.82, 2.24) is 5.32 Å². The Hall–Kier alpha value is -2.01. The highest BCUT2D eigenvalue weighted by Gasteiger charge is 2.09. The summed E-state index contributed by atoms with van der Waals surface area (Å²) in [6.45, 7) is 2.39. The average molecular weight is 377 g/mol. The zero-order chi connectivity index (χ0) is 16.7. The Kier molecular flexibility index (Phi) is 6.47. The normalized spacial score (nSPS) is 11.7. The van der Waals surface area contributed by atoms with Crippen molar-refractivity contribution in [3.8, 4) is 5.75 Å². The zero-order valence-corrected chi connectivity index (χ0v) is 14.7. The van der Waals surface area contributed by atoms with Crippen LogP contribution in [0.2, 0.25) is 0 Å². The molecule has 23 heavy (non-hydrogen) atoms. The van der Waals surface area contributed by atoms with Crippen LogP contribution < -0.4 is 15.8 Å². The molecular weight excluding hydrogens is 356 g/mol. The van der Waals surface area contributed by atoms with E-state index in [0.717, 1.165) is 21.5 Å². The van der Waals surface area contributed by atoms with Crippen LogP contribution in [0.15, 0.2) is 53.0 Å². The zero-order valence-electron chi connectivity index (χ0n) is 13.1. The molecule has 0 aromatic heterocycles. The van der Waals surface area contributed by atoms with Crippen molar-refractivity contribution in [2.45, 2.75) is 25.9 Å². The first-order valence-electron chi connectivity index (χ1n) is 7.57. The Morgan fingerprint density at radius 1 is 1.22 bits per heavy atom. The number of anilines is 1. The molecule has 0 bridgehead atoms. The maximum atomic E-state index is 11.9. The monoisotopic (exact) mass is 376 g/mol. The van der Waals surface area contributed by atoms with E-state index >= 15 is 0 Å². The van der Waals surface area contributed by atoms with Crippen molar-refractivity contribution in [2.75, 3.05) is 12.3 Å². The number of halogens is 1. The number of benzene rings is 2. The minimum absolute atomic E-state index is 0.00386. The highest BCUT2D eigenvalue weighted by molar-refractivity contribution is 9.10. The number of hydrogen-bond acceptors (Lipinski definition) is 3. The summed E-state index contributed by atoms with van der Waals surface area (Å²) >= 11 is 3.44. The molecule has 4 nitrogen and oxygen atoms in total. The van der Waals surface area contributed by atoms with Crippen molar-refractivity contribution in [3.05, 3.63) is 58.6 Å². The van der Waals surface area contributed by atoms with Crippen LogP contribution in [0.4, 0.5) is 5.69 Å². The van der Waals surface area contributed by atoms with Crippen LogP contribution in [-0.4, -0.2) is 18.6 Å². The third kappa shape index (κ3) is 5.60. The lowest BCUT2D eigenvalue weighted by atomic mass is 10.1. The van der Waals surface area contributed by atoms with Crippen LogP contribution in [0.1, 0.15) is 18.9 Å². The van der Waals surface area contributed by atoms with Gasteiger partial charge in [-0.3, -0.25) is 4.79 Å². The van der Waals surface area contributed by atoms with Gasteiger partial charge in [-0.15, -0.1) is 0 Å². The van der Waals surface area contributed by atoms with Crippen molar-refractivity contribution in [2.24, 2.45) is 0 Å². The maximum Gasteiger partial charge on any atom is 0.220 e. The van der Waals surface area contributed by atoms with E-state index in [0.29, 0.717) is 19.4 Å². The number of aryl methyl sites for hydroxylation is 1. The van der Waals surface area contributed by atoms with E-state index < -0.39 is 0 Å². The summed E-state index contributed by atoms with van der Waals surface area (Å²) in [6.07, 6.45) is 0.938. The SMILES string of the molecule is CC(CNC(=O)CCc1ccccc1N)Oc1ccccc1Br. The lowest BCUT2D eigenvalue weighted by molar-refractivity contribution is -0.121. The predicted octanol–water partition coefficient (Wildman–Crippen LogP) is 3.55. The lowest BCUT2D eigenvalue weighted by Crippen LogP contribution is -2.33. The van der Waals surface area contributed by atoms with Gasteiger partial charge >= 0.3 is 0 Å². The first kappa shape index (κ1) is 17.3. The number of para-hydroxylation sites is 2. The molecule has 0 aliphatic rings. The molecule has 122 valence electrons. The highest BCUT2D eigenvalue weighted by atomic mass is 79.9. The van der Waals surface area contributed by atoms with E-state index in [1.807, 2.05) is 55.5 Å². The second-order valence-electron chi connectivity index (χ2n) is 5.36. The number of ether oxygens (including phenoxy) is 1. The van der Waals surface area contributed by atoms with Crippen molar-refractivity contribution < 1.29 is 9.53 Å². The van der Waals surface area contributed by atoms with Gasteiger partial charge in [0.1, 0.15) is 11.9 Å². The Balaban J connectivity index is 1.74. The fourth-order valence-corrected chi connectivity index (χ4v) is 2.53. The summed E-state index contributed by atoms with van der Waals surface area (Å²) in [6, 6.07) is 15.3. The van der Waals surface area contributed by atoms with Gasteiger partial charge in [0.05, 0.1) is 11.0 Å². The Bertz CT molecular complexity index is 661. The van der Waals surface area contributed by atoms with Crippen LogP contribution in [0, 0.1) is 0 Å². The van der Waals surface area contributed by atoms with Gasteiger partial charge in [-0.1, -0.05) is 30.3 Å². The second-order valence-corrected chi connectivity index (χ2v) is 6.22. The number of carbonyl (C=O) groups excluding carboxylic acids is 1. The third-order valence-electron chi connectivity index (χ3n) is 3.43. The van der Waals surface area contributed by atoms with E-state index in [1.165, 1.54) is 0 Å². The van der Waals surface area contributed by atoms with E-state index in [2.05, 4.69) is 21.2 Å². The molecular formula is C18H21BrN2O2. The molecule has 0 saturated carbocycles. The van der Waals surface area contributed by atoms with E-state index in [9.17, 15) is 4.79 Å². The number of nitrogens with two attached hydrogens (primary N) is 1. The van der Waals surface area contributed by atoms with Crippen molar-refractivity contribution in [3.63, 3.8) is 0 Å². The van der Waals surface area contributed by atoms with Gasteiger partial charge in [-0.05, 0) is 53.0 Å². The van der Waals surface area contributed by atoms with Crippen molar-refractivity contribution in [1.29, 1.82) is 0 Å². The maximum absolute atomic E-state index is 11.9. The molecule has 1 unspecified atom stereocenters. The number of nitrogens with one attached hydrogen (secondary N) is 1. The van der Waals surface area contributed by atoms with Crippen molar-refractivity contribution >= 4 is 27.5 Å². The Morgan fingerprint density at radius 2 is 1.91 bits per heavy atom. The van der Waals surface area contributed by atoms with Gasteiger partial charge < -0.3 is 15.8 Å². The summed E-state index contributed by atoms with van der Waals surface area (Å²) < 4.78 is 6.70. The Labute approximate surface area is 145 Å². The largest absolute Gasteiger partial charge is 0.488 e. The topological polar surface area (TPSA) is 64.4 Å². The van der Waals surface area contributed by atoms with Crippen LogP contribution in [0.25, 0.3) is 0 Å². The minimum atomic E-state index is -0.112. The summed E-state index contributed by atoms with van der Waals surface area (Å²) in [5, 5.41) is 2.89. The third-order valence-corrected chi connectivity index (χ3v) is 4.08. The standard InChI is InChI=1S/C18H21BrN2O2/c1-13(23-17-9-5-3-7-15(17)19)12-21-18(22)11-10-14-6-2-4-8-16(14)20/h2-9,13H,10-12,20H2,1H3,(H,21,22). The van der Waals surface area contributed by atoms with Gasteiger partial charge in [-0.25, -0.2) is 0 Å². The molecule has 2 aromatic rings.